The van der Waals surface area contributed by atoms with Crippen LogP contribution in [0.25, 0.3) is 0 Å². The van der Waals surface area contributed by atoms with Gasteiger partial charge in [0, 0.05) is 12.6 Å². The minimum Gasteiger partial charge on any atom is -0.491 e. The molecule has 1 aliphatic carbocycles. The van der Waals surface area contributed by atoms with E-state index in [-0.39, 0.29) is 6.61 Å². The molecule has 0 aliphatic heterocycles. The summed E-state index contributed by atoms with van der Waals surface area (Å²) in [5.41, 5.74) is 0.572. The molecule has 1 saturated carbocycles. The molecule has 0 radical (unpaired) electrons. The molecule has 0 aromatic heterocycles. The van der Waals surface area contributed by atoms with Crippen molar-refractivity contribution in [2.75, 3.05) is 19.7 Å². The fourth-order valence-electron chi connectivity index (χ4n) is 2.32. The van der Waals surface area contributed by atoms with Crippen molar-refractivity contribution >= 4 is 0 Å². The molecular weight excluding hydrogens is 252 g/mol. The zero-order valence-corrected chi connectivity index (χ0v) is 12.0. The Bertz CT molecular complexity index is 466. The van der Waals surface area contributed by atoms with Gasteiger partial charge < -0.3 is 9.84 Å². The van der Waals surface area contributed by atoms with Crippen molar-refractivity contribution in [1.29, 1.82) is 5.26 Å². The van der Waals surface area contributed by atoms with E-state index in [0.717, 1.165) is 13.0 Å². The van der Waals surface area contributed by atoms with Gasteiger partial charge >= 0.3 is 0 Å². The van der Waals surface area contributed by atoms with Gasteiger partial charge in [-0.2, -0.15) is 5.26 Å². The minimum absolute atomic E-state index is 0.266. The predicted octanol–water partition coefficient (Wildman–Crippen LogP) is 2.17. The average molecular weight is 274 g/mol. The Kier molecular flexibility index (Phi) is 5.40. The Balaban J connectivity index is 1.79. The summed E-state index contributed by atoms with van der Waals surface area (Å²) in [6, 6.07) is 9.75. The second-order valence-electron chi connectivity index (χ2n) is 5.33. The van der Waals surface area contributed by atoms with E-state index in [1.807, 2.05) is 0 Å². The second-order valence-corrected chi connectivity index (χ2v) is 5.33. The largest absolute Gasteiger partial charge is 0.491 e. The molecule has 1 fully saturated rings. The maximum absolute atomic E-state index is 10.1. The van der Waals surface area contributed by atoms with Gasteiger partial charge in [0.2, 0.25) is 0 Å². The average Bonchev–Trinajstić information content (AvgIpc) is 3.29. The Morgan fingerprint density at radius 2 is 2.30 bits per heavy atom. The second kappa shape index (κ2) is 7.28. The van der Waals surface area contributed by atoms with Crippen molar-refractivity contribution in [3.05, 3.63) is 29.8 Å². The molecule has 1 aliphatic rings. The quantitative estimate of drug-likeness (QED) is 0.789. The Labute approximate surface area is 120 Å². The van der Waals surface area contributed by atoms with Crippen LogP contribution in [0.2, 0.25) is 0 Å². The first-order valence-electron chi connectivity index (χ1n) is 7.28. The zero-order chi connectivity index (χ0) is 14.4. The number of ether oxygens (including phenoxy) is 1. The first-order chi connectivity index (χ1) is 9.72. The number of aliphatic hydroxyl groups excluding tert-OH is 1. The molecule has 0 saturated heterocycles. The van der Waals surface area contributed by atoms with Gasteiger partial charge in [0.05, 0.1) is 11.6 Å². The van der Waals surface area contributed by atoms with Gasteiger partial charge in [0.1, 0.15) is 18.5 Å². The van der Waals surface area contributed by atoms with Crippen molar-refractivity contribution in [2.45, 2.75) is 38.3 Å². The fourth-order valence-corrected chi connectivity index (χ4v) is 2.32. The summed E-state index contributed by atoms with van der Waals surface area (Å²) in [5.74, 6) is 0.636. The van der Waals surface area contributed by atoms with Crippen molar-refractivity contribution in [3.63, 3.8) is 0 Å². The molecular formula is C16H22N2O2. The highest BCUT2D eigenvalue weighted by atomic mass is 16.5. The summed E-state index contributed by atoms with van der Waals surface area (Å²) in [4.78, 5) is 2.35. The van der Waals surface area contributed by atoms with E-state index >= 15 is 0 Å². The van der Waals surface area contributed by atoms with Crippen LogP contribution in [0.1, 0.15) is 31.7 Å². The highest BCUT2D eigenvalue weighted by Crippen LogP contribution is 2.27. The van der Waals surface area contributed by atoms with Crippen molar-refractivity contribution in [3.8, 4) is 11.8 Å². The lowest BCUT2D eigenvalue weighted by molar-refractivity contribution is 0.0654. The molecule has 1 unspecified atom stereocenters. The van der Waals surface area contributed by atoms with E-state index < -0.39 is 6.10 Å². The maximum atomic E-state index is 10.1. The highest BCUT2D eigenvalue weighted by molar-refractivity contribution is 5.36. The van der Waals surface area contributed by atoms with E-state index in [1.54, 1.807) is 24.3 Å². The summed E-state index contributed by atoms with van der Waals surface area (Å²) in [5, 5.41) is 18.9. The van der Waals surface area contributed by atoms with Gasteiger partial charge in [-0.25, -0.2) is 0 Å². The summed E-state index contributed by atoms with van der Waals surface area (Å²) < 4.78 is 5.56. The predicted molar refractivity (Wildman–Crippen MR) is 77.5 cm³/mol. The summed E-state index contributed by atoms with van der Waals surface area (Å²) in [6.45, 7) is 4.12. The molecule has 0 bridgehead atoms. The Morgan fingerprint density at radius 3 is 2.95 bits per heavy atom. The first kappa shape index (κ1) is 14.8. The van der Waals surface area contributed by atoms with Crippen LogP contribution in [0.15, 0.2) is 24.3 Å². The Hall–Kier alpha value is -1.57. The van der Waals surface area contributed by atoms with Crippen LogP contribution in [-0.4, -0.2) is 41.8 Å². The number of rotatable bonds is 8. The third-order valence-corrected chi connectivity index (χ3v) is 3.42. The zero-order valence-electron chi connectivity index (χ0n) is 12.0. The van der Waals surface area contributed by atoms with Crippen molar-refractivity contribution in [2.24, 2.45) is 0 Å². The minimum atomic E-state index is -0.493. The van der Waals surface area contributed by atoms with Crippen molar-refractivity contribution < 1.29 is 9.84 Å². The molecule has 1 atom stereocenters. The number of aliphatic hydroxyl groups is 1. The normalized spacial score (nSPS) is 15.9. The summed E-state index contributed by atoms with van der Waals surface area (Å²) in [6.07, 6.45) is 3.11. The van der Waals surface area contributed by atoms with Crippen LogP contribution in [0.3, 0.4) is 0 Å². The molecule has 1 N–H and O–H groups in total. The number of nitrogens with zero attached hydrogens (tertiary/aromatic N) is 2. The van der Waals surface area contributed by atoms with Crippen LogP contribution in [0.4, 0.5) is 0 Å². The van der Waals surface area contributed by atoms with E-state index in [4.69, 9.17) is 10.00 Å². The molecule has 108 valence electrons. The molecule has 1 aromatic rings. The molecule has 1 aromatic carbocycles. The van der Waals surface area contributed by atoms with Crippen LogP contribution in [0.5, 0.6) is 5.75 Å². The summed E-state index contributed by atoms with van der Waals surface area (Å²) >= 11 is 0. The standard InChI is InChI=1S/C16H22N2O2/c1-2-8-18(14-6-7-14)11-15(19)12-20-16-5-3-4-13(9-16)10-17/h3-5,9,14-15,19H,2,6-8,11-12H2,1H3. The third kappa shape index (κ3) is 4.52. The molecule has 0 amide bonds. The fraction of sp³-hybridized carbons (Fsp3) is 0.562. The van der Waals surface area contributed by atoms with Gasteiger partial charge in [0.25, 0.3) is 0 Å². The van der Waals surface area contributed by atoms with Crippen LogP contribution in [-0.2, 0) is 0 Å². The molecule has 20 heavy (non-hydrogen) atoms. The molecule has 4 heteroatoms. The van der Waals surface area contributed by atoms with Gasteiger partial charge in [-0.3, -0.25) is 4.90 Å². The SMILES string of the molecule is CCCN(CC(O)COc1cccc(C#N)c1)C1CC1. The number of hydrogen-bond acceptors (Lipinski definition) is 4. The number of hydrogen-bond donors (Lipinski definition) is 1. The van der Waals surface area contributed by atoms with Gasteiger partial charge in [-0.1, -0.05) is 13.0 Å². The Morgan fingerprint density at radius 1 is 1.50 bits per heavy atom. The lowest BCUT2D eigenvalue weighted by Crippen LogP contribution is -2.37. The van der Waals surface area contributed by atoms with Crippen LogP contribution >= 0.6 is 0 Å². The van der Waals surface area contributed by atoms with E-state index in [1.165, 1.54) is 12.8 Å². The third-order valence-electron chi connectivity index (χ3n) is 3.42. The molecule has 0 heterocycles. The van der Waals surface area contributed by atoms with Crippen molar-refractivity contribution in [1.82, 2.24) is 4.90 Å². The highest BCUT2D eigenvalue weighted by Gasteiger charge is 2.29. The van der Waals surface area contributed by atoms with Crippen LogP contribution in [0, 0.1) is 11.3 Å². The monoisotopic (exact) mass is 274 g/mol. The molecule has 4 nitrogen and oxygen atoms in total. The lowest BCUT2D eigenvalue weighted by atomic mass is 10.2. The molecule has 2 rings (SSSR count). The van der Waals surface area contributed by atoms with E-state index in [0.29, 0.717) is 23.9 Å². The van der Waals surface area contributed by atoms with Gasteiger partial charge in [-0.05, 0) is 44.0 Å². The van der Waals surface area contributed by atoms with Gasteiger partial charge in [-0.15, -0.1) is 0 Å². The van der Waals surface area contributed by atoms with Gasteiger partial charge in [0.15, 0.2) is 0 Å². The number of nitriles is 1. The summed E-state index contributed by atoms with van der Waals surface area (Å²) in [7, 11) is 0. The lowest BCUT2D eigenvalue weighted by Gasteiger charge is -2.24. The van der Waals surface area contributed by atoms with Crippen LogP contribution < -0.4 is 4.74 Å². The number of benzene rings is 1. The van der Waals surface area contributed by atoms with E-state index in [2.05, 4.69) is 17.9 Å². The first-order valence-corrected chi connectivity index (χ1v) is 7.28. The van der Waals surface area contributed by atoms with E-state index in [9.17, 15) is 5.11 Å². The topological polar surface area (TPSA) is 56.5 Å². The smallest absolute Gasteiger partial charge is 0.120 e. The molecule has 0 spiro atoms. The maximum Gasteiger partial charge on any atom is 0.120 e.